The van der Waals surface area contributed by atoms with Crippen LogP contribution in [0.4, 0.5) is 0 Å². The van der Waals surface area contributed by atoms with E-state index in [0.717, 1.165) is 33.4 Å². The molecule has 0 fully saturated rings. The fourth-order valence-electron chi connectivity index (χ4n) is 4.12. The Kier molecular flexibility index (Phi) is 5.62. The molecular formula is C29H23O2P. The van der Waals surface area contributed by atoms with Gasteiger partial charge in [-0.2, -0.15) is 0 Å². The Labute approximate surface area is 189 Å². The zero-order valence-corrected chi connectivity index (χ0v) is 18.7. The Morgan fingerprint density at radius 3 is 2.12 bits per heavy atom. The standard InChI is InChI=1S/C29H23O2P/c1-31-27-13-7-5-9-23(27)21-14-17-22(18-15-21)32-28-19-16-20-8-2-3-10-24(20)29(28)25-11-4-6-12-26(25)30/h2-19,30,32H,1H3. The molecule has 5 rings (SSSR count). The summed E-state index contributed by atoms with van der Waals surface area (Å²) in [6.07, 6.45) is 0. The number of benzene rings is 5. The number of phenols is 1. The number of phenolic OH excluding ortho intramolecular Hbond substituents is 1. The number of fused-ring (bicyclic) bond motifs is 1. The van der Waals surface area contributed by atoms with Crippen LogP contribution >= 0.6 is 8.58 Å². The van der Waals surface area contributed by atoms with Crippen LogP contribution in [-0.4, -0.2) is 12.2 Å². The first-order chi connectivity index (χ1) is 15.7. The molecule has 0 aliphatic carbocycles. The number of hydrogen-bond donors (Lipinski definition) is 1. The fraction of sp³-hybridized carbons (Fsp3) is 0.0345. The first-order valence-electron chi connectivity index (χ1n) is 10.6. The minimum atomic E-state index is 0.307. The van der Waals surface area contributed by atoms with E-state index in [9.17, 15) is 5.11 Å². The van der Waals surface area contributed by atoms with Gasteiger partial charge >= 0.3 is 0 Å². The SMILES string of the molecule is COc1ccccc1-c1ccc(Pc2ccc3ccccc3c2-c2ccccc2O)cc1. The van der Waals surface area contributed by atoms with E-state index in [-0.39, 0.29) is 0 Å². The van der Waals surface area contributed by atoms with Gasteiger partial charge in [0.05, 0.1) is 7.11 Å². The lowest BCUT2D eigenvalue weighted by atomic mass is 9.97. The number of para-hydroxylation sites is 2. The first-order valence-corrected chi connectivity index (χ1v) is 11.6. The van der Waals surface area contributed by atoms with Crippen LogP contribution in [0, 0.1) is 0 Å². The minimum absolute atomic E-state index is 0.307. The zero-order valence-electron chi connectivity index (χ0n) is 17.7. The van der Waals surface area contributed by atoms with Crippen LogP contribution in [0.5, 0.6) is 11.5 Å². The maximum Gasteiger partial charge on any atom is 0.126 e. The average Bonchev–Trinajstić information content (AvgIpc) is 2.85. The number of hydrogen-bond acceptors (Lipinski definition) is 2. The fourth-order valence-corrected chi connectivity index (χ4v) is 5.33. The van der Waals surface area contributed by atoms with Crippen LogP contribution in [0.25, 0.3) is 33.0 Å². The van der Waals surface area contributed by atoms with Gasteiger partial charge in [0.15, 0.2) is 0 Å². The molecule has 0 saturated carbocycles. The van der Waals surface area contributed by atoms with Crippen LogP contribution in [0.3, 0.4) is 0 Å². The van der Waals surface area contributed by atoms with Crippen molar-refractivity contribution in [3.05, 3.63) is 109 Å². The lowest BCUT2D eigenvalue weighted by molar-refractivity contribution is 0.416. The average molecular weight is 434 g/mol. The highest BCUT2D eigenvalue weighted by Gasteiger charge is 2.14. The molecule has 0 heterocycles. The van der Waals surface area contributed by atoms with Crippen molar-refractivity contribution in [2.45, 2.75) is 0 Å². The third kappa shape index (κ3) is 3.86. The van der Waals surface area contributed by atoms with Gasteiger partial charge in [0.1, 0.15) is 11.5 Å². The van der Waals surface area contributed by atoms with E-state index in [0.29, 0.717) is 14.3 Å². The molecule has 1 unspecified atom stereocenters. The second-order valence-electron chi connectivity index (χ2n) is 7.63. The second kappa shape index (κ2) is 8.86. The molecule has 2 nitrogen and oxygen atoms in total. The van der Waals surface area contributed by atoms with Crippen molar-refractivity contribution >= 4 is 30.0 Å². The van der Waals surface area contributed by atoms with Crippen molar-refractivity contribution in [3.8, 4) is 33.8 Å². The summed E-state index contributed by atoms with van der Waals surface area (Å²) in [7, 11) is 2.17. The predicted molar refractivity (Wildman–Crippen MR) is 137 cm³/mol. The summed E-state index contributed by atoms with van der Waals surface area (Å²) < 4.78 is 5.52. The molecule has 32 heavy (non-hydrogen) atoms. The molecule has 0 spiro atoms. The maximum atomic E-state index is 10.6. The van der Waals surface area contributed by atoms with Gasteiger partial charge in [-0.15, -0.1) is 0 Å². The number of ether oxygens (including phenoxy) is 1. The molecule has 1 N–H and O–H groups in total. The van der Waals surface area contributed by atoms with Gasteiger partial charge in [-0.05, 0) is 39.1 Å². The van der Waals surface area contributed by atoms with Crippen LogP contribution in [-0.2, 0) is 0 Å². The van der Waals surface area contributed by atoms with Crippen molar-refractivity contribution in [2.24, 2.45) is 0 Å². The van der Waals surface area contributed by atoms with E-state index in [1.54, 1.807) is 13.2 Å². The van der Waals surface area contributed by atoms with Crippen LogP contribution in [0.1, 0.15) is 0 Å². The molecular weight excluding hydrogens is 411 g/mol. The highest BCUT2D eigenvalue weighted by molar-refractivity contribution is 7.55. The quantitative estimate of drug-likeness (QED) is 0.319. The molecule has 5 aromatic rings. The third-order valence-corrected chi connectivity index (χ3v) is 6.99. The largest absolute Gasteiger partial charge is 0.507 e. The second-order valence-corrected chi connectivity index (χ2v) is 9.00. The van der Waals surface area contributed by atoms with Crippen LogP contribution < -0.4 is 15.3 Å². The van der Waals surface area contributed by atoms with Crippen molar-refractivity contribution in [1.29, 1.82) is 0 Å². The van der Waals surface area contributed by atoms with Crippen molar-refractivity contribution < 1.29 is 9.84 Å². The van der Waals surface area contributed by atoms with E-state index in [4.69, 9.17) is 4.74 Å². The molecule has 0 amide bonds. The Balaban J connectivity index is 1.56. The number of methoxy groups -OCH3 is 1. The predicted octanol–water partition coefficient (Wildman–Crippen LogP) is 6.52. The molecule has 0 saturated heterocycles. The molecule has 156 valence electrons. The van der Waals surface area contributed by atoms with Crippen molar-refractivity contribution in [3.63, 3.8) is 0 Å². The van der Waals surface area contributed by atoms with Gasteiger partial charge in [-0.3, -0.25) is 0 Å². The smallest absolute Gasteiger partial charge is 0.126 e. The molecule has 5 aromatic carbocycles. The Morgan fingerprint density at radius 2 is 1.34 bits per heavy atom. The molecule has 1 atom stereocenters. The topological polar surface area (TPSA) is 29.5 Å². The summed E-state index contributed by atoms with van der Waals surface area (Å²) in [6, 6.07) is 37.1. The van der Waals surface area contributed by atoms with E-state index in [2.05, 4.69) is 66.7 Å². The Morgan fingerprint density at radius 1 is 0.656 bits per heavy atom. The summed E-state index contributed by atoms with van der Waals surface area (Å²) >= 11 is 0. The zero-order chi connectivity index (χ0) is 21.9. The maximum absolute atomic E-state index is 10.6. The van der Waals surface area contributed by atoms with Gasteiger partial charge in [0.2, 0.25) is 0 Å². The molecule has 0 radical (unpaired) electrons. The van der Waals surface area contributed by atoms with E-state index in [1.807, 2.05) is 36.4 Å². The van der Waals surface area contributed by atoms with E-state index < -0.39 is 0 Å². The molecule has 3 heteroatoms. The summed E-state index contributed by atoms with van der Waals surface area (Å²) in [6.45, 7) is 0. The van der Waals surface area contributed by atoms with Crippen molar-refractivity contribution in [2.75, 3.05) is 7.11 Å². The van der Waals surface area contributed by atoms with Crippen LogP contribution in [0.2, 0.25) is 0 Å². The summed E-state index contributed by atoms with van der Waals surface area (Å²) in [4.78, 5) is 0. The van der Waals surface area contributed by atoms with Gasteiger partial charge < -0.3 is 9.84 Å². The summed E-state index contributed by atoms with van der Waals surface area (Å²) in [5, 5.41) is 15.4. The van der Waals surface area contributed by atoms with E-state index in [1.165, 1.54) is 16.0 Å². The monoisotopic (exact) mass is 434 g/mol. The highest BCUT2D eigenvalue weighted by Crippen LogP contribution is 2.36. The van der Waals surface area contributed by atoms with Gasteiger partial charge in [-0.25, -0.2) is 0 Å². The minimum Gasteiger partial charge on any atom is -0.507 e. The third-order valence-electron chi connectivity index (χ3n) is 5.68. The molecule has 0 aliphatic heterocycles. The summed E-state index contributed by atoms with van der Waals surface area (Å²) in [5.74, 6) is 1.18. The van der Waals surface area contributed by atoms with Gasteiger partial charge in [0, 0.05) is 16.7 Å². The molecule has 0 aliphatic rings. The molecule has 0 aromatic heterocycles. The highest BCUT2D eigenvalue weighted by atomic mass is 31.1. The van der Waals surface area contributed by atoms with Crippen LogP contribution in [0.15, 0.2) is 109 Å². The summed E-state index contributed by atoms with van der Waals surface area (Å²) in [5.41, 5.74) is 4.20. The Hall–Kier alpha value is -3.61. The lowest BCUT2D eigenvalue weighted by Gasteiger charge is -2.15. The lowest BCUT2D eigenvalue weighted by Crippen LogP contribution is -2.07. The van der Waals surface area contributed by atoms with E-state index >= 15 is 0 Å². The number of rotatable bonds is 5. The Bertz CT molecular complexity index is 1390. The van der Waals surface area contributed by atoms with Gasteiger partial charge in [-0.1, -0.05) is 106 Å². The van der Waals surface area contributed by atoms with Crippen molar-refractivity contribution in [1.82, 2.24) is 0 Å². The molecule has 0 bridgehead atoms. The number of aromatic hydroxyl groups is 1. The first kappa shape index (κ1) is 20.3. The normalized spacial score (nSPS) is 11.3. The van der Waals surface area contributed by atoms with Gasteiger partial charge in [0.25, 0.3) is 0 Å².